The van der Waals surface area contributed by atoms with Gasteiger partial charge in [-0.25, -0.2) is 0 Å². The molecule has 1 aliphatic rings. The second kappa shape index (κ2) is 9.03. The lowest BCUT2D eigenvalue weighted by atomic mass is 9.93. The predicted octanol–water partition coefficient (Wildman–Crippen LogP) is 2.38. The number of likely N-dealkylation sites (N-methyl/N-ethyl adjacent to an activating group) is 1. The Labute approximate surface area is 163 Å². The van der Waals surface area contributed by atoms with Gasteiger partial charge in [-0.05, 0) is 31.1 Å². The summed E-state index contributed by atoms with van der Waals surface area (Å²) >= 11 is 0. The van der Waals surface area contributed by atoms with Gasteiger partial charge in [-0.2, -0.15) is 0 Å². The summed E-state index contributed by atoms with van der Waals surface area (Å²) in [5, 5.41) is 9.40. The number of aliphatic hydroxyl groups is 1. The normalized spacial score (nSPS) is 19.2. The van der Waals surface area contributed by atoms with Crippen molar-refractivity contribution in [1.29, 1.82) is 0 Å². The van der Waals surface area contributed by atoms with E-state index in [2.05, 4.69) is 0 Å². The highest BCUT2D eigenvalue weighted by Gasteiger charge is 2.31. The molecule has 1 aliphatic heterocycles. The molecular formula is C21H25NO6. The van der Waals surface area contributed by atoms with E-state index < -0.39 is 6.29 Å². The van der Waals surface area contributed by atoms with E-state index in [0.29, 0.717) is 42.4 Å². The van der Waals surface area contributed by atoms with E-state index >= 15 is 0 Å². The van der Waals surface area contributed by atoms with Gasteiger partial charge in [-0.3, -0.25) is 9.59 Å². The Morgan fingerprint density at radius 3 is 2.82 bits per heavy atom. The maximum Gasteiger partial charge on any atom is 0.288 e. The average molecular weight is 387 g/mol. The van der Waals surface area contributed by atoms with Crippen LogP contribution in [0.3, 0.4) is 0 Å². The van der Waals surface area contributed by atoms with Crippen LogP contribution in [0, 0.1) is 0 Å². The van der Waals surface area contributed by atoms with Crippen molar-refractivity contribution >= 4 is 16.9 Å². The van der Waals surface area contributed by atoms with E-state index in [4.69, 9.17) is 19.0 Å². The lowest BCUT2D eigenvalue weighted by Gasteiger charge is -2.29. The Balaban J connectivity index is 1.91. The Morgan fingerprint density at radius 1 is 1.29 bits per heavy atom. The molecule has 0 saturated carbocycles. The number of carbonyl (C=O) groups is 1. The minimum atomic E-state index is -0.654. The second-order valence-corrected chi connectivity index (χ2v) is 6.94. The Hall–Kier alpha value is -2.64. The molecule has 28 heavy (non-hydrogen) atoms. The predicted molar refractivity (Wildman–Crippen MR) is 104 cm³/mol. The molecule has 1 amide bonds. The number of carbonyl (C=O) groups excluding carboxylic acids is 1. The number of amides is 1. The lowest BCUT2D eigenvalue weighted by Crippen LogP contribution is -2.33. The summed E-state index contributed by atoms with van der Waals surface area (Å²) in [6, 6.07) is 7.07. The minimum absolute atomic E-state index is 0.0971. The fraction of sp³-hybridized carbons (Fsp3) is 0.429. The number of allylic oxidation sites excluding steroid dienone is 1. The summed E-state index contributed by atoms with van der Waals surface area (Å²) in [6.07, 6.45) is 4.17. The van der Waals surface area contributed by atoms with E-state index in [1.807, 2.05) is 6.07 Å². The number of hydrogen-bond acceptors (Lipinski definition) is 6. The summed E-state index contributed by atoms with van der Waals surface area (Å²) < 4.78 is 17.1. The maximum absolute atomic E-state index is 12.9. The highest BCUT2D eigenvalue weighted by atomic mass is 16.7. The van der Waals surface area contributed by atoms with E-state index in [1.54, 1.807) is 38.4 Å². The van der Waals surface area contributed by atoms with Gasteiger partial charge in [0.05, 0.1) is 18.3 Å². The zero-order valence-electron chi connectivity index (χ0n) is 16.1. The third-order valence-electron chi connectivity index (χ3n) is 4.64. The molecule has 7 nitrogen and oxygen atoms in total. The fourth-order valence-corrected chi connectivity index (χ4v) is 3.13. The minimum Gasteiger partial charge on any atom is -0.464 e. The van der Waals surface area contributed by atoms with Gasteiger partial charge >= 0.3 is 0 Å². The summed E-state index contributed by atoms with van der Waals surface area (Å²) in [5.74, 6) is -0.504. The first-order chi connectivity index (χ1) is 13.5. The van der Waals surface area contributed by atoms with Gasteiger partial charge in [0.1, 0.15) is 5.58 Å². The van der Waals surface area contributed by atoms with Gasteiger partial charge in [0, 0.05) is 38.6 Å². The number of ether oxygens (including phenoxy) is 2. The quantitative estimate of drug-likeness (QED) is 0.734. The third-order valence-corrected chi connectivity index (χ3v) is 4.64. The topological polar surface area (TPSA) is 89.2 Å². The number of benzene rings is 1. The smallest absolute Gasteiger partial charge is 0.288 e. The van der Waals surface area contributed by atoms with E-state index in [1.165, 1.54) is 11.2 Å². The van der Waals surface area contributed by atoms with Gasteiger partial charge < -0.3 is 23.9 Å². The number of nitrogens with zero attached hydrogens (tertiary/aromatic N) is 1. The van der Waals surface area contributed by atoms with Crippen LogP contribution >= 0.6 is 0 Å². The summed E-state index contributed by atoms with van der Waals surface area (Å²) in [7, 11) is 3.27. The van der Waals surface area contributed by atoms with Crippen LogP contribution in [0.5, 0.6) is 0 Å². The first kappa shape index (κ1) is 20.1. The molecule has 0 unspecified atom stereocenters. The van der Waals surface area contributed by atoms with Crippen molar-refractivity contribution in [2.75, 3.05) is 27.3 Å². The molecule has 3 rings (SSSR count). The summed E-state index contributed by atoms with van der Waals surface area (Å²) in [5.41, 5.74) is 0.865. The molecule has 0 bridgehead atoms. The first-order valence-electron chi connectivity index (χ1n) is 9.34. The van der Waals surface area contributed by atoms with Crippen LogP contribution in [0.15, 0.2) is 51.6 Å². The van der Waals surface area contributed by atoms with Crippen molar-refractivity contribution in [2.24, 2.45) is 0 Å². The first-order valence-corrected chi connectivity index (χ1v) is 9.34. The average Bonchev–Trinajstić information content (AvgIpc) is 2.71. The molecule has 2 heterocycles. The van der Waals surface area contributed by atoms with Gasteiger partial charge in [-0.15, -0.1) is 0 Å². The van der Waals surface area contributed by atoms with Crippen LogP contribution in [0.1, 0.15) is 30.7 Å². The molecule has 2 aromatic rings. The molecular weight excluding hydrogens is 362 g/mol. The number of fused-ring (bicyclic) bond motifs is 1. The third kappa shape index (κ3) is 4.43. The molecule has 0 aliphatic carbocycles. The molecule has 0 spiro atoms. The Bertz CT molecular complexity index is 916. The number of rotatable bonds is 7. The monoisotopic (exact) mass is 387 g/mol. The van der Waals surface area contributed by atoms with Crippen molar-refractivity contribution in [2.45, 2.75) is 31.5 Å². The standard InChI is InChI=1S/C21H25NO6/c1-22(2)21(25)18-11-14(12-19(28-18)26-10-6-5-9-23)16-13-27-17-8-4-3-7-15(17)20(16)24/h3-4,7-8,11,13-14,19,23H,5-6,9-10,12H2,1-2H3/t14-,19+/m1/s1. The van der Waals surface area contributed by atoms with E-state index in [9.17, 15) is 9.59 Å². The highest BCUT2D eigenvalue weighted by molar-refractivity contribution is 5.91. The van der Waals surface area contributed by atoms with Crippen LogP contribution in [0.4, 0.5) is 0 Å². The second-order valence-electron chi connectivity index (χ2n) is 6.94. The highest BCUT2D eigenvalue weighted by Crippen LogP contribution is 2.31. The van der Waals surface area contributed by atoms with E-state index in [-0.39, 0.29) is 29.6 Å². The zero-order valence-corrected chi connectivity index (χ0v) is 16.1. The summed E-state index contributed by atoms with van der Waals surface area (Å²) in [4.78, 5) is 26.8. The van der Waals surface area contributed by atoms with Crippen LogP contribution in [-0.4, -0.2) is 49.5 Å². The summed E-state index contributed by atoms with van der Waals surface area (Å²) in [6.45, 7) is 0.494. The van der Waals surface area contributed by atoms with Crippen molar-refractivity contribution in [3.63, 3.8) is 0 Å². The van der Waals surface area contributed by atoms with Crippen LogP contribution in [-0.2, 0) is 14.3 Å². The Morgan fingerprint density at radius 2 is 2.07 bits per heavy atom. The molecule has 0 saturated heterocycles. The number of unbranched alkanes of at least 4 members (excludes halogenated alkanes) is 1. The molecule has 150 valence electrons. The van der Waals surface area contributed by atoms with Crippen LogP contribution < -0.4 is 5.43 Å². The van der Waals surface area contributed by atoms with Crippen molar-refractivity contribution in [3.05, 3.63) is 58.2 Å². The van der Waals surface area contributed by atoms with E-state index in [0.717, 1.165) is 0 Å². The number of hydrogen-bond donors (Lipinski definition) is 1. The van der Waals surface area contributed by atoms with Gasteiger partial charge in [0.15, 0.2) is 11.2 Å². The molecule has 1 aromatic carbocycles. The van der Waals surface area contributed by atoms with Crippen molar-refractivity contribution in [3.8, 4) is 0 Å². The fourth-order valence-electron chi connectivity index (χ4n) is 3.13. The molecule has 2 atom stereocenters. The van der Waals surface area contributed by atoms with Gasteiger partial charge in [0.2, 0.25) is 6.29 Å². The SMILES string of the molecule is CN(C)C(=O)C1=C[C@@H](c2coc3ccccc3c2=O)C[C@@H](OCCCCO)O1. The molecule has 1 N–H and O–H groups in total. The molecule has 7 heteroatoms. The maximum atomic E-state index is 12.9. The van der Waals surface area contributed by atoms with Crippen molar-refractivity contribution in [1.82, 2.24) is 4.90 Å². The molecule has 0 fully saturated rings. The number of para-hydroxylation sites is 1. The number of aliphatic hydroxyl groups excluding tert-OH is 1. The van der Waals surface area contributed by atoms with Gasteiger partial charge in [-0.1, -0.05) is 12.1 Å². The van der Waals surface area contributed by atoms with Crippen LogP contribution in [0.25, 0.3) is 11.0 Å². The molecule has 1 aromatic heterocycles. The molecule has 0 radical (unpaired) electrons. The zero-order chi connectivity index (χ0) is 20.1. The van der Waals surface area contributed by atoms with Crippen LogP contribution in [0.2, 0.25) is 0 Å². The van der Waals surface area contributed by atoms with Crippen molar-refractivity contribution < 1.29 is 23.8 Å². The lowest BCUT2D eigenvalue weighted by molar-refractivity contribution is -0.151. The largest absolute Gasteiger partial charge is 0.464 e. The van der Waals surface area contributed by atoms with Gasteiger partial charge in [0.25, 0.3) is 5.91 Å². The Kier molecular flexibility index (Phi) is 6.49.